The van der Waals surface area contributed by atoms with Crippen LogP contribution in [0.15, 0.2) is 10.5 Å². The number of carbonyl (C=O) groups excluding carboxylic acids is 1. The highest BCUT2D eigenvalue weighted by atomic mass is 16.5. The third-order valence-corrected chi connectivity index (χ3v) is 4.20. The van der Waals surface area contributed by atoms with Crippen molar-refractivity contribution in [2.24, 2.45) is 0 Å². The Morgan fingerprint density at radius 2 is 2.22 bits per heavy atom. The van der Waals surface area contributed by atoms with Gasteiger partial charge in [0.2, 0.25) is 5.91 Å². The summed E-state index contributed by atoms with van der Waals surface area (Å²) in [4.78, 5) is 19.0. The van der Waals surface area contributed by atoms with Crippen molar-refractivity contribution in [1.29, 1.82) is 0 Å². The van der Waals surface area contributed by atoms with Crippen LogP contribution in [-0.2, 0) is 9.53 Å². The van der Waals surface area contributed by atoms with E-state index in [2.05, 4.69) is 15.2 Å². The van der Waals surface area contributed by atoms with Crippen molar-refractivity contribution < 1.29 is 13.9 Å². The Hall–Kier alpha value is -2.15. The van der Waals surface area contributed by atoms with E-state index in [1.807, 2.05) is 38.7 Å². The lowest BCUT2D eigenvalue weighted by Crippen LogP contribution is -2.44. The van der Waals surface area contributed by atoms with E-state index in [9.17, 15) is 4.79 Å². The fourth-order valence-corrected chi connectivity index (χ4v) is 3.00. The van der Waals surface area contributed by atoms with E-state index >= 15 is 0 Å². The van der Waals surface area contributed by atoms with Crippen LogP contribution in [0.1, 0.15) is 47.7 Å². The Kier molecular flexibility index (Phi) is 4.21. The first kappa shape index (κ1) is 15.7. The van der Waals surface area contributed by atoms with E-state index in [0.717, 1.165) is 22.9 Å². The summed E-state index contributed by atoms with van der Waals surface area (Å²) in [5.41, 5.74) is 0.948. The van der Waals surface area contributed by atoms with Crippen molar-refractivity contribution in [1.82, 2.24) is 20.1 Å². The molecule has 2 aromatic heterocycles. The molecule has 1 saturated heterocycles. The van der Waals surface area contributed by atoms with Gasteiger partial charge in [-0.3, -0.25) is 9.89 Å². The van der Waals surface area contributed by atoms with Gasteiger partial charge in [0.25, 0.3) is 0 Å². The van der Waals surface area contributed by atoms with Crippen molar-refractivity contribution in [3.63, 3.8) is 0 Å². The summed E-state index contributed by atoms with van der Waals surface area (Å²) in [7, 11) is 0. The number of ether oxygens (including phenoxy) is 1. The first-order valence-electron chi connectivity index (χ1n) is 7.82. The minimum atomic E-state index is -0.281. The molecular weight excluding hydrogens is 296 g/mol. The highest BCUT2D eigenvalue weighted by molar-refractivity contribution is 5.83. The molecule has 0 spiro atoms. The summed E-state index contributed by atoms with van der Waals surface area (Å²) in [6.45, 7) is 9.08. The quantitative estimate of drug-likeness (QED) is 0.936. The molecule has 0 aromatic carbocycles. The monoisotopic (exact) mass is 318 g/mol. The molecule has 0 bridgehead atoms. The van der Waals surface area contributed by atoms with Crippen LogP contribution in [-0.4, -0.2) is 45.7 Å². The molecule has 1 aliphatic heterocycles. The Bertz CT molecular complexity index is 706. The lowest BCUT2D eigenvalue weighted by atomic mass is 9.99. The number of H-pyrrole nitrogens is 1. The van der Waals surface area contributed by atoms with Gasteiger partial charge in [-0.05, 0) is 33.8 Å². The zero-order valence-electron chi connectivity index (χ0n) is 13.9. The molecule has 7 heteroatoms. The lowest BCUT2D eigenvalue weighted by Gasteiger charge is -2.33. The zero-order chi connectivity index (χ0) is 16.6. The first-order chi connectivity index (χ1) is 11.0. The minimum absolute atomic E-state index is 0.0782. The van der Waals surface area contributed by atoms with Crippen molar-refractivity contribution in [2.75, 3.05) is 19.7 Å². The Labute approximate surface area is 135 Å². The fraction of sp³-hybridized carbons (Fsp3) is 0.562. The predicted molar refractivity (Wildman–Crippen MR) is 83.0 cm³/mol. The average Bonchev–Trinajstić information content (AvgIpc) is 3.11. The number of aromatic nitrogens is 3. The summed E-state index contributed by atoms with van der Waals surface area (Å²) in [5, 5.41) is 6.95. The number of nitrogens with zero attached hydrogens (tertiary/aromatic N) is 3. The van der Waals surface area contributed by atoms with Gasteiger partial charge in [0.1, 0.15) is 23.4 Å². The van der Waals surface area contributed by atoms with Crippen molar-refractivity contribution >= 4 is 5.91 Å². The molecule has 1 fully saturated rings. The van der Waals surface area contributed by atoms with E-state index in [4.69, 9.17) is 9.15 Å². The molecule has 1 N–H and O–H groups in total. The van der Waals surface area contributed by atoms with Gasteiger partial charge in [0.15, 0.2) is 5.82 Å². The smallest absolute Gasteiger partial charge is 0.230 e. The molecule has 3 heterocycles. The standard InChI is InChI=1S/C16H22N4O3/c1-9-7-13(11(3)23-9)10(2)16(21)20-5-6-22-14(8-20)15-17-12(4)18-19-15/h7,10,14H,5-6,8H2,1-4H3,(H,17,18,19)/t10-,14-/m0/s1. The average molecular weight is 318 g/mol. The Balaban J connectivity index is 1.73. The van der Waals surface area contributed by atoms with Crippen LogP contribution in [0.3, 0.4) is 0 Å². The second kappa shape index (κ2) is 6.16. The number of furan rings is 1. The molecule has 1 aliphatic rings. The van der Waals surface area contributed by atoms with Crippen LogP contribution >= 0.6 is 0 Å². The van der Waals surface area contributed by atoms with Crippen molar-refractivity contribution in [3.8, 4) is 0 Å². The predicted octanol–water partition coefficient (Wildman–Crippen LogP) is 2.03. The normalized spacial score (nSPS) is 19.8. The third-order valence-electron chi connectivity index (χ3n) is 4.20. The van der Waals surface area contributed by atoms with Crippen LogP contribution in [0.5, 0.6) is 0 Å². The van der Waals surface area contributed by atoms with E-state index in [0.29, 0.717) is 25.5 Å². The Morgan fingerprint density at radius 3 is 2.83 bits per heavy atom. The Morgan fingerprint density at radius 1 is 1.43 bits per heavy atom. The largest absolute Gasteiger partial charge is 0.466 e. The number of aromatic amines is 1. The summed E-state index contributed by atoms with van der Waals surface area (Å²) in [6, 6.07) is 1.94. The van der Waals surface area contributed by atoms with Gasteiger partial charge >= 0.3 is 0 Å². The summed E-state index contributed by atoms with van der Waals surface area (Å²) < 4.78 is 11.3. The number of morpholine rings is 1. The van der Waals surface area contributed by atoms with Crippen molar-refractivity contribution in [3.05, 3.63) is 34.8 Å². The van der Waals surface area contributed by atoms with E-state index in [-0.39, 0.29) is 17.9 Å². The van der Waals surface area contributed by atoms with Crippen molar-refractivity contribution in [2.45, 2.75) is 39.7 Å². The van der Waals surface area contributed by atoms with Gasteiger partial charge in [-0.1, -0.05) is 0 Å². The van der Waals surface area contributed by atoms with Crippen LogP contribution < -0.4 is 0 Å². The molecule has 1 amide bonds. The maximum absolute atomic E-state index is 12.8. The highest BCUT2D eigenvalue weighted by Crippen LogP contribution is 2.27. The number of rotatable bonds is 3. The third kappa shape index (κ3) is 3.14. The first-order valence-corrected chi connectivity index (χ1v) is 7.82. The molecular formula is C16H22N4O3. The maximum Gasteiger partial charge on any atom is 0.230 e. The van der Waals surface area contributed by atoms with Gasteiger partial charge in [0, 0.05) is 12.1 Å². The van der Waals surface area contributed by atoms with Gasteiger partial charge < -0.3 is 14.1 Å². The van der Waals surface area contributed by atoms with Crippen LogP contribution in [0, 0.1) is 20.8 Å². The molecule has 2 aromatic rings. The number of amides is 1. The number of carbonyl (C=O) groups is 1. The molecule has 0 saturated carbocycles. The number of aryl methyl sites for hydroxylation is 3. The van der Waals surface area contributed by atoms with Gasteiger partial charge in [0.05, 0.1) is 19.1 Å². The molecule has 23 heavy (non-hydrogen) atoms. The van der Waals surface area contributed by atoms with E-state index < -0.39 is 0 Å². The number of nitrogens with one attached hydrogen (secondary N) is 1. The summed E-state index contributed by atoms with van der Waals surface area (Å²) in [6.07, 6.45) is -0.281. The topological polar surface area (TPSA) is 84.2 Å². The highest BCUT2D eigenvalue weighted by Gasteiger charge is 2.31. The second-order valence-corrected chi connectivity index (χ2v) is 6.01. The van der Waals surface area contributed by atoms with Crippen LogP contribution in [0.25, 0.3) is 0 Å². The second-order valence-electron chi connectivity index (χ2n) is 6.01. The van der Waals surface area contributed by atoms with Gasteiger partial charge in [-0.15, -0.1) is 0 Å². The number of hydrogen-bond acceptors (Lipinski definition) is 5. The molecule has 0 aliphatic carbocycles. The molecule has 7 nitrogen and oxygen atoms in total. The number of hydrogen-bond donors (Lipinski definition) is 1. The SMILES string of the molecule is Cc1nc([C@@H]2CN(C(=O)[C@@H](C)c3cc(C)oc3C)CCO2)n[nH]1. The summed E-state index contributed by atoms with van der Waals surface area (Å²) >= 11 is 0. The zero-order valence-corrected chi connectivity index (χ0v) is 13.9. The van der Waals surface area contributed by atoms with E-state index in [1.54, 1.807) is 0 Å². The minimum Gasteiger partial charge on any atom is -0.466 e. The summed E-state index contributed by atoms with van der Waals surface area (Å²) in [5.74, 6) is 2.81. The van der Waals surface area contributed by atoms with Gasteiger partial charge in [-0.2, -0.15) is 5.10 Å². The van der Waals surface area contributed by atoms with Gasteiger partial charge in [-0.25, -0.2) is 4.98 Å². The molecule has 0 unspecified atom stereocenters. The maximum atomic E-state index is 12.8. The molecule has 0 radical (unpaired) electrons. The van der Waals surface area contributed by atoms with Crippen LogP contribution in [0.2, 0.25) is 0 Å². The lowest BCUT2D eigenvalue weighted by molar-refractivity contribution is -0.140. The fourth-order valence-electron chi connectivity index (χ4n) is 3.00. The van der Waals surface area contributed by atoms with Crippen LogP contribution in [0.4, 0.5) is 0 Å². The molecule has 3 rings (SSSR count). The molecule has 124 valence electrons. The van der Waals surface area contributed by atoms with E-state index in [1.165, 1.54) is 0 Å². The molecule has 2 atom stereocenters.